The van der Waals surface area contributed by atoms with Crippen molar-refractivity contribution >= 4 is 0 Å². The van der Waals surface area contributed by atoms with E-state index in [0.717, 1.165) is 11.5 Å². The van der Waals surface area contributed by atoms with Crippen LogP contribution in [0.3, 0.4) is 0 Å². The van der Waals surface area contributed by atoms with Crippen molar-refractivity contribution in [2.45, 2.75) is 39.2 Å². The molecule has 4 rings (SSSR count). The molecule has 2 aromatic heterocycles. The molecule has 1 aliphatic rings. The molecular formula is C18H19N3O. The molecule has 0 bridgehead atoms. The van der Waals surface area contributed by atoms with Crippen LogP contribution >= 0.6 is 0 Å². The van der Waals surface area contributed by atoms with E-state index in [2.05, 4.69) is 34.7 Å². The van der Waals surface area contributed by atoms with Crippen LogP contribution in [0, 0.1) is 6.92 Å². The van der Waals surface area contributed by atoms with Crippen molar-refractivity contribution in [3.63, 3.8) is 0 Å². The van der Waals surface area contributed by atoms with Crippen molar-refractivity contribution in [2.75, 3.05) is 0 Å². The lowest BCUT2D eigenvalue weighted by molar-refractivity contribution is 0.368. The van der Waals surface area contributed by atoms with Crippen molar-refractivity contribution < 1.29 is 4.52 Å². The van der Waals surface area contributed by atoms with Gasteiger partial charge in [0.1, 0.15) is 6.54 Å². The molecule has 112 valence electrons. The SMILES string of the molecule is Cc1cc(Cn2cc(-c3cccc4c3CCCC4)cn2)on1. The van der Waals surface area contributed by atoms with Crippen molar-refractivity contribution in [1.82, 2.24) is 14.9 Å². The molecule has 0 saturated heterocycles. The normalized spacial score (nSPS) is 14.0. The lowest BCUT2D eigenvalue weighted by Gasteiger charge is -2.18. The van der Waals surface area contributed by atoms with Gasteiger partial charge in [-0.1, -0.05) is 23.4 Å². The standard InChI is InChI=1S/C18H19N3O/c1-13-9-16(22-20-13)12-21-11-15(10-19-21)18-8-4-6-14-5-2-3-7-17(14)18/h4,6,8-11H,2-3,5,7,12H2,1H3. The zero-order valence-corrected chi connectivity index (χ0v) is 12.7. The second-order valence-electron chi connectivity index (χ2n) is 6.01. The molecule has 0 spiro atoms. The van der Waals surface area contributed by atoms with Gasteiger partial charge in [0.15, 0.2) is 5.76 Å². The second kappa shape index (κ2) is 5.44. The number of aryl methyl sites for hydroxylation is 2. The summed E-state index contributed by atoms with van der Waals surface area (Å²) < 4.78 is 7.18. The summed E-state index contributed by atoms with van der Waals surface area (Å²) in [6.07, 6.45) is 9.03. The molecule has 4 heteroatoms. The molecule has 1 aliphatic carbocycles. The van der Waals surface area contributed by atoms with Gasteiger partial charge < -0.3 is 4.52 Å². The van der Waals surface area contributed by atoms with Crippen molar-refractivity contribution in [1.29, 1.82) is 0 Å². The van der Waals surface area contributed by atoms with Gasteiger partial charge in [-0.25, -0.2) is 0 Å². The highest BCUT2D eigenvalue weighted by molar-refractivity contribution is 5.68. The number of fused-ring (bicyclic) bond motifs is 1. The lowest BCUT2D eigenvalue weighted by Crippen LogP contribution is -2.04. The number of rotatable bonds is 3. The Kier molecular flexibility index (Phi) is 3.29. The summed E-state index contributed by atoms with van der Waals surface area (Å²) in [6.45, 7) is 2.55. The Labute approximate surface area is 129 Å². The molecule has 0 saturated carbocycles. The van der Waals surface area contributed by atoms with E-state index in [9.17, 15) is 0 Å². The first-order valence-corrected chi connectivity index (χ1v) is 7.85. The number of hydrogen-bond acceptors (Lipinski definition) is 3. The quantitative estimate of drug-likeness (QED) is 0.738. The Morgan fingerprint density at radius 3 is 3.00 bits per heavy atom. The van der Waals surface area contributed by atoms with Crippen LogP contribution in [-0.2, 0) is 19.4 Å². The van der Waals surface area contributed by atoms with Gasteiger partial charge in [0.25, 0.3) is 0 Å². The summed E-state index contributed by atoms with van der Waals surface area (Å²) in [5.41, 5.74) is 6.43. The van der Waals surface area contributed by atoms with Crippen LogP contribution in [0.4, 0.5) is 0 Å². The minimum Gasteiger partial charge on any atom is -0.359 e. The Hall–Kier alpha value is -2.36. The zero-order chi connectivity index (χ0) is 14.9. The molecule has 0 N–H and O–H groups in total. The third kappa shape index (κ3) is 2.45. The van der Waals surface area contributed by atoms with E-state index in [1.807, 2.05) is 23.9 Å². The number of benzene rings is 1. The van der Waals surface area contributed by atoms with E-state index >= 15 is 0 Å². The average molecular weight is 293 g/mol. The molecule has 0 amide bonds. The molecule has 0 fully saturated rings. The van der Waals surface area contributed by atoms with Gasteiger partial charge in [-0.2, -0.15) is 5.10 Å². The van der Waals surface area contributed by atoms with Gasteiger partial charge in [-0.3, -0.25) is 4.68 Å². The van der Waals surface area contributed by atoms with Gasteiger partial charge >= 0.3 is 0 Å². The predicted molar refractivity (Wildman–Crippen MR) is 84.6 cm³/mol. The van der Waals surface area contributed by atoms with Crippen molar-refractivity contribution in [3.8, 4) is 11.1 Å². The second-order valence-corrected chi connectivity index (χ2v) is 6.01. The maximum atomic E-state index is 5.26. The third-order valence-corrected chi connectivity index (χ3v) is 4.33. The molecule has 22 heavy (non-hydrogen) atoms. The average Bonchev–Trinajstić information content (AvgIpc) is 3.16. The molecule has 0 aliphatic heterocycles. The first-order chi connectivity index (χ1) is 10.8. The fraction of sp³-hybridized carbons (Fsp3) is 0.333. The highest BCUT2D eigenvalue weighted by Gasteiger charge is 2.15. The monoisotopic (exact) mass is 293 g/mol. The summed E-state index contributed by atoms with van der Waals surface area (Å²) in [7, 11) is 0. The Morgan fingerprint density at radius 1 is 1.23 bits per heavy atom. The Balaban J connectivity index is 1.64. The highest BCUT2D eigenvalue weighted by Crippen LogP contribution is 2.31. The first kappa shape index (κ1) is 13.3. The van der Waals surface area contributed by atoms with E-state index in [1.165, 1.54) is 47.9 Å². The van der Waals surface area contributed by atoms with Crippen LogP contribution in [-0.4, -0.2) is 14.9 Å². The number of aromatic nitrogens is 3. The molecule has 4 nitrogen and oxygen atoms in total. The molecule has 0 unspecified atom stereocenters. The van der Waals surface area contributed by atoms with E-state index in [-0.39, 0.29) is 0 Å². The molecule has 2 heterocycles. The minimum atomic E-state index is 0.621. The first-order valence-electron chi connectivity index (χ1n) is 7.85. The van der Waals surface area contributed by atoms with Crippen LogP contribution in [0.1, 0.15) is 35.4 Å². The molecule has 1 aromatic carbocycles. The largest absolute Gasteiger partial charge is 0.359 e. The zero-order valence-electron chi connectivity index (χ0n) is 12.7. The molecule has 3 aromatic rings. The summed E-state index contributed by atoms with van der Waals surface area (Å²) in [6, 6.07) is 8.59. The van der Waals surface area contributed by atoms with Gasteiger partial charge in [0.05, 0.1) is 11.9 Å². The maximum absolute atomic E-state index is 5.26. The third-order valence-electron chi connectivity index (χ3n) is 4.33. The van der Waals surface area contributed by atoms with Crippen molar-refractivity contribution in [3.05, 3.63) is 59.2 Å². The van der Waals surface area contributed by atoms with Crippen LogP contribution in [0.25, 0.3) is 11.1 Å². The Morgan fingerprint density at radius 2 is 2.14 bits per heavy atom. The van der Waals surface area contributed by atoms with E-state index in [1.54, 1.807) is 0 Å². The maximum Gasteiger partial charge on any atom is 0.158 e. The molecule has 0 atom stereocenters. The van der Waals surface area contributed by atoms with Crippen molar-refractivity contribution in [2.24, 2.45) is 0 Å². The van der Waals surface area contributed by atoms with Crippen LogP contribution in [0.2, 0.25) is 0 Å². The molecular weight excluding hydrogens is 274 g/mol. The van der Waals surface area contributed by atoms with Crippen LogP contribution < -0.4 is 0 Å². The fourth-order valence-corrected chi connectivity index (χ4v) is 3.29. The lowest BCUT2D eigenvalue weighted by atomic mass is 9.87. The van der Waals surface area contributed by atoms with E-state index < -0.39 is 0 Å². The topological polar surface area (TPSA) is 43.9 Å². The summed E-state index contributed by atoms with van der Waals surface area (Å²) >= 11 is 0. The summed E-state index contributed by atoms with van der Waals surface area (Å²) in [4.78, 5) is 0. The van der Waals surface area contributed by atoms with Gasteiger partial charge in [-0.15, -0.1) is 0 Å². The molecule has 0 radical (unpaired) electrons. The van der Waals surface area contributed by atoms with E-state index in [0.29, 0.717) is 6.54 Å². The van der Waals surface area contributed by atoms with Crippen LogP contribution in [0.15, 0.2) is 41.2 Å². The summed E-state index contributed by atoms with van der Waals surface area (Å²) in [5, 5.41) is 8.39. The summed E-state index contributed by atoms with van der Waals surface area (Å²) in [5.74, 6) is 0.835. The number of nitrogens with zero attached hydrogens (tertiary/aromatic N) is 3. The van der Waals surface area contributed by atoms with Gasteiger partial charge in [0, 0.05) is 17.8 Å². The Bertz CT molecular complexity index is 800. The smallest absolute Gasteiger partial charge is 0.158 e. The predicted octanol–water partition coefficient (Wildman–Crippen LogP) is 3.77. The van der Waals surface area contributed by atoms with Crippen LogP contribution in [0.5, 0.6) is 0 Å². The van der Waals surface area contributed by atoms with Gasteiger partial charge in [-0.05, 0) is 49.3 Å². The minimum absolute atomic E-state index is 0.621. The fourth-order valence-electron chi connectivity index (χ4n) is 3.29. The van der Waals surface area contributed by atoms with E-state index in [4.69, 9.17) is 4.52 Å². The number of hydrogen-bond donors (Lipinski definition) is 0. The highest BCUT2D eigenvalue weighted by atomic mass is 16.5. The van der Waals surface area contributed by atoms with Gasteiger partial charge in [0.2, 0.25) is 0 Å².